The maximum absolute atomic E-state index is 9.04. The van der Waals surface area contributed by atoms with E-state index in [4.69, 9.17) is 5.26 Å². The second-order valence-corrected chi connectivity index (χ2v) is 3.40. The molecule has 1 rings (SSSR count). The van der Waals surface area contributed by atoms with E-state index in [0.29, 0.717) is 0 Å². The van der Waals surface area contributed by atoms with Crippen molar-refractivity contribution in [2.24, 2.45) is 0 Å². The fourth-order valence-corrected chi connectivity index (χ4v) is 1.46. The van der Waals surface area contributed by atoms with Gasteiger partial charge in [0.15, 0.2) is 0 Å². The Morgan fingerprint density at radius 1 is 1.38 bits per heavy atom. The van der Waals surface area contributed by atoms with Crippen LogP contribution in [-0.4, -0.2) is 5.54 Å². The molecule has 1 unspecified atom stereocenters. The van der Waals surface area contributed by atoms with Gasteiger partial charge in [0.1, 0.15) is 5.54 Å². The largest absolute Gasteiger partial charge is 0.370 e. The Morgan fingerprint density at radius 3 is 2.77 bits per heavy atom. The molecule has 1 heterocycles. The Bertz CT molecular complexity index is 247. The molecule has 0 spiro atoms. The Labute approximate surface area is 79.9 Å². The lowest BCUT2D eigenvalue weighted by Gasteiger charge is -2.25. The summed E-state index contributed by atoms with van der Waals surface area (Å²) in [5.74, 6) is 0. The first-order valence-electron chi connectivity index (χ1n) is 4.86. The number of dihydropyridines is 1. The van der Waals surface area contributed by atoms with E-state index in [1.54, 1.807) is 0 Å². The number of nitrogens with zero attached hydrogens (tertiary/aromatic N) is 1. The zero-order valence-corrected chi connectivity index (χ0v) is 8.09. The van der Waals surface area contributed by atoms with Crippen molar-refractivity contribution in [3.8, 4) is 6.07 Å². The molecule has 0 aromatic heterocycles. The van der Waals surface area contributed by atoms with E-state index < -0.39 is 5.54 Å². The number of unbranched alkanes of at least 4 members (excludes halogenated alkanes) is 2. The van der Waals surface area contributed by atoms with E-state index in [9.17, 15) is 0 Å². The molecule has 70 valence electrons. The second kappa shape index (κ2) is 4.71. The highest BCUT2D eigenvalue weighted by Gasteiger charge is 2.25. The summed E-state index contributed by atoms with van der Waals surface area (Å²) in [4.78, 5) is 0. The van der Waals surface area contributed by atoms with Crippen LogP contribution in [0.2, 0.25) is 0 Å². The normalized spacial score (nSPS) is 25.2. The summed E-state index contributed by atoms with van der Waals surface area (Å²) in [6.07, 6.45) is 12.0. The van der Waals surface area contributed by atoms with E-state index in [1.165, 1.54) is 12.8 Å². The molecule has 1 atom stereocenters. The van der Waals surface area contributed by atoms with Gasteiger partial charge >= 0.3 is 0 Å². The van der Waals surface area contributed by atoms with Gasteiger partial charge in [0.05, 0.1) is 6.07 Å². The maximum atomic E-state index is 9.04. The van der Waals surface area contributed by atoms with E-state index in [0.717, 1.165) is 12.8 Å². The van der Waals surface area contributed by atoms with Gasteiger partial charge in [0.2, 0.25) is 0 Å². The zero-order valence-electron chi connectivity index (χ0n) is 8.09. The first-order valence-corrected chi connectivity index (χ1v) is 4.86. The van der Waals surface area contributed by atoms with Gasteiger partial charge in [-0.25, -0.2) is 0 Å². The number of hydrogen-bond donors (Lipinski definition) is 1. The van der Waals surface area contributed by atoms with E-state index in [2.05, 4.69) is 18.3 Å². The van der Waals surface area contributed by atoms with Crippen LogP contribution in [0.25, 0.3) is 0 Å². The van der Waals surface area contributed by atoms with Crippen molar-refractivity contribution >= 4 is 0 Å². The summed E-state index contributed by atoms with van der Waals surface area (Å²) in [6.45, 7) is 2.17. The molecular formula is C11H16N2. The van der Waals surface area contributed by atoms with Crippen molar-refractivity contribution in [3.63, 3.8) is 0 Å². The molecule has 0 aliphatic carbocycles. The molecule has 13 heavy (non-hydrogen) atoms. The Hall–Kier alpha value is -1.23. The van der Waals surface area contributed by atoms with Crippen LogP contribution in [0.1, 0.15) is 32.6 Å². The minimum atomic E-state index is -0.441. The van der Waals surface area contributed by atoms with Crippen LogP contribution in [0.3, 0.4) is 0 Å². The quantitative estimate of drug-likeness (QED) is 0.668. The number of allylic oxidation sites excluding steroid dienone is 2. The molecule has 0 fully saturated rings. The van der Waals surface area contributed by atoms with Crippen molar-refractivity contribution < 1.29 is 0 Å². The van der Waals surface area contributed by atoms with Gasteiger partial charge < -0.3 is 5.32 Å². The molecule has 1 aliphatic heterocycles. The van der Waals surface area contributed by atoms with Crippen LogP contribution in [0.5, 0.6) is 0 Å². The van der Waals surface area contributed by atoms with Gasteiger partial charge in [0, 0.05) is 0 Å². The van der Waals surface area contributed by atoms with Gasteiger partial charge in [-0.15, -0.1) is 0 Å². The first-order chi connectivity index (χ1) is 6.33. The Morgan fingerprint density at radius 2 is 2.23 bits per heavy atom. The molecule has 0 aromatic rings. The highest BCUT2D eigenvalue weighted by Crippen LogP contribution is 2.18. The van der Waals surface area contributed by atoms with E-state index in [-0.39, 0.29) is 0 Å². The average molecular weight is 176 g/mol. The molecule has 0 amide bonds. The molecule has 0 radical (unpaired) electrons. The lowest BCUT2D eigenvalue weighted by molar-refractivity contribution is 0.489. The summed E-state index contributed by atoms with van der Waals surface area (Å²) in [6, 6.07) is 2.33. The van der Waals surface area contributed by atoms with Crippen LogP contribution in [0.4, 0.5) is 0 Å². The SMILES string of the molecule is CCCCCC1(C#N)C=CC=CN1. The Balaban J connectivity index is 2.47. The number of rotatable bonds is 4. The molecule has 0 saturated carbocycles. The van der Waals surface area contributed by atoms with Gasteiger partial charge in [-0.3, -0.25) is 0 Å². The monoisotopic (exact) mass is 176 g/mol. The Kier molecular flexibility index (Phi) is 3.57. The first kappa shape index (κ1) is 9.85. The number of nitriles is 1. The van der Waals surface area contributed by atoms with Gasteiger partial charge in [-0.2, -0.15) is 5.26 Å². The molecule has 2 heteroatoms. The summed E-state index contributed by atoms with van der Waals surface area (Å²) in [5.41, 5.74) is -0.441. The minimum absolute atomic E-state index is 0.441. The van der Waals surface area contributed by atoms with Crippen molar-refractivity contribution in [3.05, 3.63) is 24.4 Å². The fraction of sp³-hybridized carbons (Fsp3) is 0.545. The van der Waals surface area contributed by atoms with Crippen molar-refractivity contribution in [2.45, 2.75) is 38.1 Å². The molecule has 1 N–H and O–H groups in total. The lowest BCUT2D eigenvalue weighted by atomic mass is 9.92. The zero-order chi connectivity index (χ0) is 9.57. The van der Waals surface area contributed by atoms with Crippen LogP contribution in [0, 0.1) is 11.3 Å². The molecule has 0 bridgehead atoms. The molecule has 0 saturated heterocycles. The highest BCUT2D eigenvalue weighted by molar-refractivity contribution is 5.27. The predicted octanol–water partition coefficient (Wildman–Crippen LogP) is 2.50. The third kappa shape index (κ3) is 2.62. The van der Waals surface area contributed by atoms with Crippen molar-refractivity contribution in [1.82, 2.24) is 5.32 Å². The standard InChI is InChI=1S/C11H16N2/c1-2-3-4-7-11(10-12)8-5-6-9-13-11/h5-6,8-9,13H,2-4,7H2,1H3. The van der Waals surface area contributed by atoms with Crippen molar-refractivity contribution in [1.29, 1.82) is 5.26 Å². The minimum Gasteiger partial charge on any atom is -0.370 e. The average Bonchev–Trinajstić information content (AvgIpc) is 2.20. The third-order valence-corrected chi connectivity index (χ3v) is 2.30. The second-order valence-electron chi connectivity index (χ2n) is 3.40. The maximum Gasteiger partial charge on any atom is 0.143 e. The summed E-state index contributed by atoms with van der Waals surface area (Å²) >= 11 is 0. The van der Waals surface area contributed by atoms with E-state index >= 15 is 0 Å². The topological polar surface area (TPSA) is 35.8 Å². The van der Waals surface area contributed by atoms with Crippen LogP contribution >= 0.6 is 0 Å². The number of hydrogen-bond acceptors (Lipinski definition) is 2. The smallest absolute Gasteiger partial charge is 0.143 e. The molecule has 2 nitrogen and oxygen atoms in total. The highest BCUT2D eigenvalue weighted by atomic mass is 14.9. The van der Waals surface area contributed by atoms with Gasteiger partial charge in [-0.1, -0.05) is 25.8 Å². The van der Waals surface area contributed by atoms with Crippen LogP contribution in [-0.2, 0) is 0 Å². The molecule has 1 aliphatic rings. The third-order valence-electron chi connectivity index (χ3n) is 2.30. The number of nitrogens with one attached hydrogen (secondary N) is 1. The van der Waals surface area contributed by atoms with Crippen molar-refractivity contribution in [2.75, 3.05) is 0 Å². The molecular weight excluding hydrogens is 160 g/mol. The van der Waals surface area contributed by atoms with Gasteiger partial charge in [0.25, 0.3) is 0 Å². The fourth-order valence-electron chi connectivity index (χ4n) is 1.46. The summed E-state index contributed by atoms with van der Waals surface area (Å²) in [7, 11) is 0. The summed E-state index contributed by atoms with van der Waals surface area (Å²) in [5, 5.41) is 12.2. The van der Waals surface area contributed by atoms with E-state index in [1.807, 2.05) is 24.4 Å². The van der Waals surface area contributed by atoms with Gasteiger partial charge in [-0.05, 0) is 31.2 Å². The van der Waals surface area contributed by atoms with Crippen LogP contribution in [0.15, 0.2) is 24.4 Å². The van der Waals surface area contributed by atoms with Crippen LogP contribution < -0.4 is 5.32 Å². The molecule has 0 aromatic carbocycles. The predicted molar refractivity (Wildman–Crippen MR) is 53.9 cm³/mol. The summed E-state index contributed by atoms with van der Waals surface area (Å²) < 4.78 is 0. The lowest BCUT2D eigenvalue weighted by Crippen LogP contribution is -2.39.